The van der Waals surface area contributed by atoms with Gasteiger partial charge in [-0.05, 0) is 89.9 Å². The van der Waals surface area contributed by atoms with Crippen LogP contribution in [0, 0.1) is 0 Å². The number of phosphoric ester groups is 2. The fourth-order valence-electron chi connectivity index (χ4n) is 7.32. The van der Waals surface area contributed by atoms with E-state index >= 15 is 0 Å². The molecule has 5 atom stereocenters. The number of aliphatic hydroxyl groups is 2. The molecule has 0 rings (SSSR count). The average molecular weight is 1160 g/mol. The van der Waals surface area contributed by atoms with Gasteiger partial charge in [-0.3, -0.25) is 32.5 Å². The van der Waals surface area contributed by atoms with Crippen molar-refractivity contribution in [3.05, 3.63) is 97.2 Å². The van der Waals surface area contributed by atoms with E-state index in [9.17, 15) is 43.5 Å². The third-order valence-corrected chi connectivity index (χ3v) is 13.7. The average Bonchev–Trinajstić information content (AvgIpc) is 3.42. The summed E-state index contributed by atoms with van der Waals surface area (Å²) in [6.45, 7) is 2.31. The first-order valence-electron chi connectivity index (χ1n) is 29.5. The Kier molecular flexibility index (Phi) is 52.6. The van der Waals surface area contributed by atoms with Gasteiger partial charge in [-0.25, -0.2) is 9.13 Å². The zero-order chi connectivity index (χ0) is 58.2. The maximum Gasteiger partial charge on any atom is 0.472 e. The fraction of sp³-hybridized carbons (Fsp3) is 0.689. The maximum atomic E-state index is 12.8. The lowest BCUT2D eigenvalue weighted by Crippen LogP contribution is -2.30. The van der Waals surface area contributed by atoms with Crippen LogP contribution in [0.1, 0.15) is 213 Å². The van der Waals surface area contributed by atoms with Crippen LogP contribution < -0.4 is 0 Å². The van der Waals surface area contributed by atoms with Gasteiger partial charge >= 0.3 is 33.6 Å². The third-order valence-electron chi connectivity index (χ3n) is 11.8. The van der Waals surface area contributed by atoms with Crippen LogP contribution in [0.3, 0.4) is 0 Å². The molecule has 0 radical (unpaired) electrons. The van der Waals surface area contributed by atoms with Crippen LogP contribution in [0.15, 0.2) is 97.2 Å². The molecule has 16 nitrogen and oxygen atoms in total. The smallest absolute Gasteiger partial charge is 0.463 e. The van der Waals surface area contributed by atoms with Gasteiger partial charge in [0.05, 0.1) is 26.4 Å². The SMILES string of the molecule is CC/C=C\C/C=C\C/C=C\C/C=C\C/C=C\CCCC(=O)OCC(O)COP(=O)(O)OCC(O)COP(=O)(O)OCC(COC(=O)CCCCCCC/C=C\C/C=C\C/C=C\CC)OC(=O)CCCCCCCCCCCCC. The molecule has 5 unspecified atom stereocenters. The fourth-order valence-corrected chi connectivity index (χ4v) is 8.91. The molecule has 454 valence electrons. The highest BCUT2D eigenvalue weighted by Crippen LogP contribution is 2.45. The summed E-state index contributed by atoms with van der Waals surface area (Å²) in [7, 11) is -9.77. The third kappa shape index (κ3) is 56.1. The first-order valence-corrected chi connectivity index (χ1v) is 32.5. The minimum atomic E-state index is -4.92. The van der Waals surface area contributed by atoms with E-state index in [0.717, 1.165) is 109 Å². The summed E-state index contributed by atoms with van der Waals surface area (Å²) in [6.07, 6.45) is 56.4. The summed E-state index contributed by atoms with van der Waals surface area (Å²) < 4.78 is 60.5. The normalized spacial score (nSPS) is 15.2. The predicted molar refractivity (Wildman–Crippen MR) is 316 cm³/mol. The van der Waals surface area contributed by atoms with Crippen molar-refractivity contribution in [1.29, 1.82) is 0 Å². The topological polar surface area (TPSA) is 231 Å². The van der Waals surface area contributed by atoms with E-state index in [4.69, 9.17) is 32.3 Å². The number of phosphoric acid groups is 2. The van der Waals surface area contributed by atoms with Crippen molar-refractivity contribution in [2.75, 3.05) is 39.6 Å². The largest absolute Gasteiger partial charge is 0.472 e. The van der Waals surface area contributed by atoms with Gasteiger partial charge in [-0.15, -0.1) is 0 Å². The van der Waals surface area contributed by atoms with Gasteiger partial charge in [-0.2, -0.15) is 0 Å². The molecular weight excluding hydrogens is 1050 g/mol. The lowest BCUT2D eigenvalue weighted by Gasteiger charge is -2.21. The number of carbonyl (C=O) groups excluding carboxylic acids is 3. The van der Waals surface area contributed by atoms with E-state index < -0.39 is 91.5 Å². The van der Waals surface area contributed by atoms with Crippen LogP contribution >= 0.6 is 15.6 Å². The van der Waals surface area contributed by atoms with Crippen LogP contribution in [-0.4, -0.2) is 95.9 Å². The molecule has 0 aliphatic rings. The van der Waals surface area contributed by atoms with Crippen LogP contribution in [-0.2, 0) is 55.8 Å². The Balaban J connectivity index is 4.71. The number of hydrogen-bond acceptors (Lipinski definition) is 14. The summed E-state index contributed by atoms with van der Waals surface area (Å²) in [5.74, 6) is -1.65. The van der Waals surface area contributed by atoms with Crippen molar-refractivity contribution in [1.82, 2.24) is 0 Å². The van der Waals surface area contributed by atoms with Crippen LogP contribution in [0.4, 0.5) is 0 Å². The van der Waals surface area contributed by atoms with Crippen molar-refractivity contribution in [3.63, 3.8) is 0 Å². The molecule has 0 aromatic rings. The Hall–Kier alpha value is -3.53. The van der Waals surface area contributed by atoms with Gasteiger partial charge in [0.1, 0.15) is 25.4 Å². The van der Waals surface area contributed by atoms with Crippen LogP contribution in [0.2, 0.25) is 0 Å². The van der Waals surface area contributed by atoms with E-state index in [2.05, 4.69) is 106 Å². The summed E-state index contributed by atoms with van der Waals surface area (Å²) in [6, 6.07) is 0. The Labute approximate surface area is 476 Å². The minimum absolute atomic E-state index is 0.100. The zero-order valence-corrected chi connectivity index (χ0v) is 50.3. The zero-order valence-electron chi connectivity index (χ0n) is 48.5. The molecule has 0 spiro atoms. The van der Waals surface area contributed by atoms with Gasteiger partial charge < -0.3 is 34.2 Å². The molecule has 79 heavy (non-hydrogen) atoms. The molecule has 0 fully saturated rings. The molecule has 0 aromatic carbocycles. The van der Waals surface area contributed by atoms with Gasteiger partial charge in [0, 0.05) is 19.3 Å². The Morgan fingerprint density at radius 3 is 1.11 bits per heavy atom. The van der Waals surface area contributed by atoms with E-state index in [1.54, 1.807) is 0 Å². The standard InChI is InChI=1S/C61H104O16P2/c1-4-7-10-13-16-19-22-24-26-27-29-31-33-35-38-41-44-47-59(64)71-50-56(62)51-73-78(67,68)74-52-57(63)53-75-79(69,70)76-55-58(77-61(66)49-46-43-40-37-32-21-18-15-12-9-6-3)54-72-60(65)48-45-42-39-36-34-30-28-25-23-20-17-14-11-8-5-2/h7-8,10-11,16-17,19-20,24-26,28-29,31,35,38,56-58,62-63H,4-6,9,12-15,18,21-23,27,30,32-34,36-37,39-55H2,1-3H3,(H,67,68)(H,69,70)/b10-7-,11-8-,19-16-,20-17-,26-24-,28-25-,31-29-,38-35-. The van der Waals surface area contributed by atoms with Gasteiger partial charge in [0.25, 0.3) is 0 Å². The Bertz CT molecular complexity index is 1840. The summed E-state index contributed by atoms with van der Waals surface area (Å²) in [5.41, 5.74) is 0. The number of allylic oxidation sites excluding steroid dienone is 16. The van der Waals surface area contributed by atoms with Gasteiger partial charge in [-0.1, -0.05) is 201 Å². The minimum Gasteiger partial charge on any atom is -0.463 e. The molecule has 0 aliphatic heterocycles. The molecule has 0 heterocycles. The molecule has 0 amide bonds. The van der Waals surface area contributed by atoms with E-state index in [1.807, 2.05) is 12.2 Å². The maximum absolute atomic E-state index is 12.8. The lowest BCUT2D eigenvalue weighted by molar-refractivity contribution is -0.161. The number of unbranched alkanes of at least 4 members (excludes halogenated alkanes) is 16. The number of carbonyl (C=O) groups is 3. The van der Waals surface area contributed by atoms with E-state index in [0.29, 0.717) is 25.7 Å². The van der Waals surface area contributed by atoms with Crippen LogP contribution in [0.25, 0.3) is 0 Å². The van der Waals surface area contributed by atoms with Crippen molar-refractivity contribution in [2.45, 2.75) is 232 Å². The number of rotatable bonds is 55. The molecule has 0 aromatic heterocycles. The van der Waals surface area contributed by atoms with E-state index in [-0.39, 0.29) is 19.3 Å². The molecule has 0 saturated heterocycles. The van der Waals surface area contributed by atoms with Gasteiger partial charge in [0.15, 0.2) is 6.10 Å². The number of ether oxygens (including phenoxy) is 3. The van der Waals surface area contributed by atoms with Crippen molar-refractivity contribution < 1.29 is 75.8 Å². The quantitative estimate of drug-likeness (QED) is 0.0146. The lowest BCUT2D eigenvalue weighted by atomic mass is 10.1. The summed E-state index contributed by atoms with van der Waals surface area (Å²) in [4.78, 5) is 58.0. The number of esters is 3. The molecule has 18 heteroatoms. The molecule has 4 N–H and O–H groups in total. The Morgan fingerprint density at radius 1 is 0.367 bits per heavy atom. The van der Waals surface area contributed by atoms with Gasteiger partial charge in [0.2, 0.25) is 0 Å². The molecular formula is C61H104O16P2. The second-order valence-electron chi connectivity index (χ2n) is 19.4. The number of hydrogen-bond donors (Lipinski definition) is 4. The highest BCUT2D eigenvalue weighted by molar-refractivity contribution is 7.47. The summed E-state index contributed by atoms with van der Waals surface area (Å²) in [5, 5.41) is 20.4. The second kappa shape index (κ2) is 55.0. The molecule has 0 aliphatic carbocycles. The number of aliphatic hydroxyl groups excluding tert-OH is 2. The highest BCUT2D eigenvalue weighted by atomic mass is 31.2. The van der Waals surface area contributed by atoms with Crippen molar-refractivity contribution in [3.8, 4) is 0 Å². The highest BCUT2D eigenvalue weighted by Gasteiger charge is 2.29. The monoisotopic (exact) mass is 1150 g/mol. The van der Waals surface area contributed by atoms with Crippen LogP contribution in [0.5, 0.6) is 0 Å². The molecule has 0 saturated carbocycles. The Morgan fingerprint density at radius 2 is 0.684 bits per heavy atom. The van der Waals surface area contributed by atoms with Crippen molar-refractivity contribution >= 4 is 33.6 Å². The predicted octanol–water partition coefficient (Wildman–Crippen LogP) is 15.2. The molecule has 0 bridgehead atoms. The van der Waals surface area contributed by atoms with Crippen molar-refractivity contribution in [2.24, 2.45) is 0 Å². The first kappa shape index (κ1) is 75.5. The van der Waals surface area contributed by atoms with E-state index in [1.165, 1.54) is 38.5 Å². The second-order valence-corrected chi connectivity index (χ2v) is 22.3. The first-order chi connectivity index (χ1) is 38.2. The summed E-state index contributed by atoms with van der Waals surface area (Å²) >= 11 is 0.